The molecule has 1 saturated heterocycles. The molecule has 0 aromatic heterocycles. The van der Waals surface area contributed by atoms with Crippen molar-refractivity contribution in [1.29, 1.82) is 0 Å². The molecule has 1 N–H and O–H groups in total. The molecule has 7 heteroatoms. The third-order valence-corrected chi connectivity index (χ3v) is 4.42. The smallest absolute Gasteiger partial charge is 0.319 e. The zero-order valence-corrected chi connectivity index (χ0v) is 15.1. The van der Waals surface area contributed by atoms with Gasteiger partial charge in [-0.3, -0.25) is 4.90 Å². The summed E-state index contributed by atoms with van der Waals surface area (Å²) in [6.45, 7) is 5.40. The summed E-state index contributed by atoms with van der Waals surface area (Å²) in [6.07, 6.45) is 0.885. The molecule has 1 heterocycles. The summed E-state index contributed by atoms with van der Waals surface area (Å²) < 4.78 is 5.35. The Labute approximate surface area is 148 Å². The molecule has 0 atom stereocenters. The van der Waals surface area contributed by atoms with E-state index in [1.807, 2.05) is 0 Å². The summed E-state index contributed by atoms with van der Waals surface area (Å²) >= 11 is 6.20. The van der Waals surface area contributed by atoms with Crippen LogP contribution < -0.4 is 0 Å². The van der Waals surface area contributed by atoms with Crippen LogP contribution in [0.4, 0.5) is 4.79 Å². The average molecular weight is 356 g/mol. The van der Waals surface area contributed by atoms with Gasteiger partial charge in [0.15, 0.2) is 0 Å². The summed E-state index contributed by atoms with van der Waals surface area (Å²) in [5.74, 6) is 0.153. The number of carbonyl (C=O) groups excluding carboxylic acids is 1. The molecule has 0 unspecified atom stereocenters. The van der Waals surface area contributed by atoms with Crippen LogP contribution in [0.15, 0.2) is 18.2 Å². The Balaban J connectivity index is 1.96. The molecule has 1 fully saturated rings. The second kappa shape index (κ2) is 9.11. The summed E-state index contributed by atoms with van der Waals surface area (Å²) in [7, 11) is 3.47. The SMILES string of the molecule is CN(C)C(=O)N(CCCN1CCOCC1)Cc1cc(O)ccc1Cl. The van der Waals surface area contributed by atoms with Crippen molar-refractivity contribution in [1.82, 2.24) is 14.7 Å². The van der Waals surface area contributed by atoms with E-state index in [0.717, 1.165) is 44.8 Å². The molecule has 2 rings (SSSR count). The lowest BCUT2D eigenvalue weighted by molar-refractivity contribution is 0.0363. The highest BCUT2D eigenvalue weighted by Gasteiger charge is 2.18. The molecule has 134 valence electrons. The van der Waals surface area contributed by atoms with Crippen LogP contribution in [0.1, 0.15) is 12.0 Å². The number of aromatic hydroxyl groups is 1. The minimum Gasteiger partial charge on any atom is -0.508 e. The number of benzene rings is 1. The lowest BCUT2D eigenvalue weighted by Crippen LogP contribution is -2.41. The Morgan fingerprint density at radius 1 is 1.33 bits per heavy atom. The van der Waals surface area contributed by atoms with Gasteiger partial charge in [-0.25, -0.2) is 4.79 Å². The Morgan fingerprint density at radius 2 is 2.04 bits per heavy atom. The van der Waals surface area contributed by atoms with Crippen molar-refractivity contribution in [3.8, 4) is 5.75 Å². The van der Waals surface area contributed by atoms with Crippen LogP contribution in [0.3, 0.4) is 0 Å². The Bertz CT molecular complexity index is 548. The van der Waals surface area contributed by atoms with Gasteiger partial charge in [0.25, 0.3) is 0 Å². The number of amides is 2. The fourth-order valence-corrected chi connectivity index (χ4v) is 2.90. The molecule has 0 spiro atoms. The van der Waals surface area contributed by atoms with E-state index in [1.54, 1.807) is 42.1 Å². The standard InChI is InChI=1S/C17H26ClN3O3/c1-19(2)17(23)21(7-3-6-20-8-10-24-11-9-20)13-14-12-15(22)4-5-16(14)18/h4-5,12,22H,3,6-11,13H2,1-2H3. The second-order valence-electron chi connectivity index (χ2n) is 6.18. The van der Waals surface area contributed by atoms with Gasteiger partial charge in [0.1, 0.15) is 5.75 Å². The summed E-state index contributed by atoms with van der Waals surface area (Å²) in [5.41, 5.74) is 0.748. The van der Waals surface area contributed by atoms with Crippen molar-refractivity contribution in [2.75, 3.05) is 53.5 Å². The van der Waals surface area contributed by atoms with Crippen LogP contribution in [0, 0.1) is 0 Å². The Morgan fingerprint density at radius 3 is 2.71 bits per heavy atom. The Hall–Kier alpha value is -1.50. The largest absolute Gasteiger partial charge is 0.508 e. The van der Waals surface area contributed by atoms with Gasteiger partial charge in [0, 0.05) is 51.8 Å². The number of hydrogen-bond donors (Lipinski definition) is 1. The number of phenolic OH excluding ortho intramolecular Hbond substituents is 1. The monoisotopic (exact) mass is 355 g/mol. The van der Waals surface area contributed by atoms with Gasteiger partial charge in [0.2, 0.25) is 0 Å². The number of carbonyl (C=O) groups is 1. The molecule has 6 nitrogen and oxygen atoms in total. The highest BCUT2D eigenvalue weighted by Crippen LogP contribution is 2.23. The number of phenols is 1. The van der Waals surface area contributed by atoms with Gasteiger partial charge in [-0.2, -0.15) is 0 Å². The maximum Gasteiger partial charge on any atom is 0.319 e. The fraction of sp³-hybridized carbons (Fsp3) is 0.588. The van der Waals surface area contributed by atoms with Gasteiger partial charge in [-0.15, -0.1) is 0 Å². The molecular weight excluding hydrogens is 330 g/mol. The summed E-state index contributed by atoms with van der Waals surface area (Å²) in [4.78, 5) is 18.1. The van der Waals surface area contributed by atoms with Gasteiger partial charge in [0.05, 0.1) is 13.2 Å². The first-order valence-electron chi connectivity index (χ1n) is 8.21. The quantitative estimate of drug-likeness (QED) is 0.850. The predicted molar refractivity (Wildman–Crippen MR) is 94.5 cm³/mol. The maximum atomic E-state index is 12.4. The number of halogens is 1. The van der Waals surface area contributed by atoms with Crippen LogP contribution in [0.2, 0.25) is 5.02 Å². The van der Waals surface area contributed by atoms with Crippen molar-refractivity contribution >= 4 is 17.6 Å². The van der Waals surface area contributed by atoms with Gasteiger partial charge >= 0.3 is 6.03 Å². The van der Waals surface area contributed by atoms with E-state index < -0.39 is 0 Å². The molecule has 2 amide bonds. The summed E-state index contributed by atoms with van der Waals surface area (Å²) in [5, 5.41) is 10.2. The molecule has 1 aromatic carbocycles. The number of hydrogen-bond acceptors (Lipinski definition) is 4. The lowest BCUT2D eigenvalue weighted by atomic mass is 10.2. The van der Waals surface area contributed by atoms with Crippen molar-refractivity contribution in [2.45, 2.75) is 13.0 Å². The van der Waals surface area contributed by atoms with Crippen LogP contribution in [-0.2, 0) is 11.3 Å². The molecule has 1 aliphatic rings. The number of morpholine rings is 1. The van der Waals surface area contributed by atoms with E-state index in [2.05, 4.69) is 4.90 Å². The molecule has 1 aromatic rings. The first kappa shape index (κ1) is 18.8. The van der Waals surface area contributed by atoms with E-state index in [9.17, 15) is 9.90 Å². The minimum absolute atomic E-state index is 0.0589. The molecule has 1 aliphatic heterocycles. The van der Waals surface area contributed by atoms with Crippen molar-refractivity contribution < 1.29 is 14.6 Å². The first-order valence-corrected chi connectivity index (χ1v) is 8.59. The molecule has 0 saturated carbocycles. The molecule has 0 aliphatic carbocycles. The highest BCUT2D eigenvalue weighted by atomic mass is 35.5. The predicted octanol–water partition coefficient (Wildman–Crippen LogP) is 2.25. The van der Waals surface area contributed by atoms with Crippen molar-refractivity contribution in [2.24, 2.45) is 0 Å². The van der Waals surface area contributed by atoms with Gasteiger partial charge in [-0.05, 0) is 30.2 Å². The van der Waals surface area contributed by atoms with E-state index >= 15 is 0 Å². The molecule has 0 bridgehead atoms. The molecular formula is C17H26ClN3O3. The van der Waals surface area contributed by atoms with E-state index in [1.165, 1.54) is 0 Å². The summed E-state index contributed by atoms with van der Waals surface area (Å²) in [6, 6.07) is 4.75. The van der Waals surface area contributed by atoms with Crippen LogP contribution in [0.5, 0.6) is 5.75 Å². The van der Waals surface area contributed by atoms with Gasteiger partial charge < -0.3 is 19.6 Å². The van der Waals surface area contributed by atoms with Gasteiger partial charge in [-0.1, -0.05) is 11.6 Å². The normalized spacial score (nSPS) is 15.3. The second-order valence-corrected chi connectivity index (χ2v) is 6.59. The van der Waals surface area contributed by atoms with Crippen molar-refractivity contribution in [3.05, 3.63) is 28.8 Å². The highest BCUT2D eigenvalue weighted by molar-refractivity contribution is 6.31. The topological polar surface area (TPSA) is 56.3 Å². The maximum absolute atomic E-state index is 12.4. The molecule has 24 heavy (non-hydrogen) atoms. The van der Waals surface area contributed by atoms with Crippen LogP contribution in [0.25, 0.3) is 0 Å². The zero-order chi connectivity index (χ0) is 17.5. The lowest BCUT2D eigenvalue weighted by Gasteiger charge is -2.29. The average Bonchev–Trinajstić information content (AvgIpc) is 2.57. The number of urea groups is 1. The van der Waals surface area contributed by atoms with E-state index in [-0.39, 0.29) is 11.8 Å². The van der Waals surface area contributed by atoms with E-state index in [0.29, 0.717) is 18.1 Å². The fourth-order valence-electron chi connectivity index (χ4n) is 2.72. The first-order chi connectivity index (χ1) is 11.5. The van der Waals surface area contributed by atoms with Crippen LogP contribution in [-0.4, -0.2) is 79.3 Å². The van der Waals surface area contributed by atoms with Crippen LogP contribution >= 0.6 is 11.6 Å². The third kappa shape index (κ3) is 5.54. The number of ether oxygens (including phenoxy) is 1. The van der Waals surface area contributed by atoms with Crippen molar-refractivity contribution in [3.63, 3.8) is 0 Å². The zero-order valence-electron chi connectivity index (χ0n) is 14.4. The van der Waals surface area contributed by atoms with E-state index in [4.69, 9.17) is 16.3 Å². The third-order valence-electron chi connectivity index (χ3n) is 4.05. The number of rotatable bonds is 6. The minimum atomic E-state index is -0.0589. The Kier molecular flexibility index (Phi) is 7.15. The number of nitrogens with zero attached hydrogens (tertiary/aromatic N) is 3. The molecule has 0 radical (unpaired) electrons.